The van der Waals surface area contributed by atoms with Crippen LogP contribution in [0.2, 0.25) is 0 Å². The largest absolute Gasteiger partial charge is 0.355 e. The number of fused-ring (bicyclic) bond motifs is 1. The number of hydrogen-bond acceptors (Lipinski definition) is 1. The Morgan fingerprint density at radius 1 is 1.17 bits per heavy atom. The fraction of sp³-hybridized carbons (Fsp3) is 0.0667. The van der Waals surface area contributed by atoms with Crippen LogP contribution in [0.15, 0.2) is 40.2 Å². The fourth-order valence-corrected chi connectivity index (χ4v) is 3.08. The van der Waals surface area contributed by atoms with Gasteiger partial charge in [-0.15, -0.1) is 11.3 Å². The Hall–Kier alpha value is -1.32. The maximum Gasteiger partial charge on any atom is 0.0469 e. The van der Waals surface area contributed by atoms with Gasteiger partial charge in [0, 0.05) is 25.9 Å². The summed E-state index contributed by atoms with van der Waals surface area (Å²) in [5.74, 6) is 0. The quantitative estimate of drug-likeness (QED) is 0.645. The molecule has 0 atom stereocenters. The third kappa shape index (κ3) is 2.42. The van der Waals surface area contributed by atoms with Crippen molar-refractivity contribution in [1.82, 2.24) is 4.98 Å². The van der Waals surface area contributed by atoms with Gasteiger partial charge < -0.3 is 4.98 Å². The highest BCUT2D eigenvalue weighted by molar-refractivity contribution is 9.10. The van der Waals surface area contributed by atoms with Gasteiger partial charge in [-0.1, -0.05) is 22.0 Å². The van der Waals surface area contributed by atoms with Crippen LogP contribution in [0.5, 0.6) is 0 Å². The van der Waals surface area contributed by atoms with Gasteiger partial charge in [0.2, 0.25) is 0 Å². The Labute approximate surface area is 118 Å². The fourth-order valence-electron chi connectivity index (χ4n) is 1.92. The highest BCUT2D eigenvalue weighted by Crippen LogP contribution is 2.22. The van der Waals surface area contributed by atoms with Crippen molar-refractivity contribution in [2.45, 2.75) is 6.92 Å². The monoisotopic (exact) mass is 317 g/mol. The highest BCUT2D eigenvalue weighted by atomic mass is 79.9. The van der Waals surface area contributed by atoms with Gasteiger partial charge in [-0.3, -0.25) is 0 Å². The molecule has 1 aromatic carbocycles. The molecule has 0 aliphatic carbocycles. The Balaban J connectivity index is 1.93. The summed E-state index contributed by atoms with van der Waals surface area (Å²) in [6.45, 7) is 2.12. The van der Waals surface area contributed by atoms with Crippen molar-refractivity contribution >= 4 is 50.3 Å². The van der Waals surface area contributed by atoms with Crippen molar-refractivity contribution in [2.75, 3.05) is 0 Å². The van der Waals surface area contributed by atoms with Crippen LogP contribution in [0.4, 0.5) is 0 Å². The number of thiophene rings is 1. The zero-order valence-electron chi connectivity index (χ0n) is 9.91. The second-order valence-electron chi connectivity index (χ2n) is 4.32. The van der Waals surface area contributed by atoms with E-state index in [1.54, 1.807) is 11.3 Å². The summed E-state index contributed by atoms with van der Waals surface area (Å²) in [4.78, 5) is 4.69. The van der Waals surface area contributed by atoms with E-state index in [1.165, 1.54) is 15.8 Å². The van der Waals surface area contributed by atoms with Crippen LogP contribution in [0.1, 0.15) is 16.1 Å². The lowest BCUT2D eigenvalue weighted by Gasteiger charge is -1.89. The maximum absolute atomic E-state index is 3.48. The lowest BCUT2D eigenvalue weighted by Crippen LogP contribution is -1.69. The predicted octanol–water partition coefficient (Wildman–Crippen LogP) is 5.47. The summed E-state index contributed by atoms with van der Waals surface area (Å²) >= 11 is 5.25. The van der Waals surface area contributed by atoms with E-state index in [1.807, 2.05) is 0 Å². The number of H-pyrrole nitrogens is 1. The van der Waals surface area contributed by atoms with Crippen molar-refractivity contribution in [3.8, 4) is 0 Å². The number of halogens is 1. The van der Waals surface area contributed by atoms with E-state index in [9.17, 15) is 0 Å². The smallest absolute Gasteiger partial charge is 0.0469 e. The van der Waals surface area contributed by atoms with E-state index in [4.69, 9.17) is 0 Å². The normalized spacial score (nSPS) is 11.7. The molecule has 2 heterocycles. The maximum atomic E-state index is 3.48. The third-order valence-electron chi connectivity index (χ3n) is 2.78. The Morgan fingerprint density at radius 3 is 2.83 bits per heavy atom. The van der Waals surface area contributed by atoms with Crippen molar-refractivity contribution in [1.29, 1.82) is 0 Å². The van der Waals surface area contributed by atoms with E-state index in [-0.39, 0.29) is 0 Å². The zero-order chi connectivity index (χ0) is 12.5. The summed E-state index contributed by atoms with van der Waals surface area (Å²) in [5, 5.41) is 3.40. The van der Waals surface area contributed by atoms with Crippen LogP contribution < -0.4 is 0 Å². The van der Waals surface area contributed by atoms with Crippen molar-refractivity contribution in [2.24, 2.45) is 0 Å². The molecule has 0 aliphatic heterocycles. The lowest BCUT2D eigenvalue weighted by atomic mass is 10.2. The molecule has 0 fully saturated rings. The summed E-state index contributed by atoms with van der Waals surface area (Å²) < 4.78 is 1.10. The number of nitrogens with one attached hydrogen (secondary N) is 1. The van der Waals surface area contributed by atoms with Gasteiger partial charge in [0.05, 0.1) is 0 Å². The third-order valence-corrected chi connectivity index (χ3v) is 4.29. The van der Waals surface area contributed by atoms with Gasteiger partial charge in [0.25, 0.3) is 0 Å². The molecule has 0 amide bonds. The molecule has 0 bridgehead atoms. The summed E-state index contributed by atoms with van der Waals surface area (Å²) in [6, 6.07) is 10.6. The summed E-state index contributed by atoms with van der Waals surface area (Å²) in [7, 11) is 0. The molecular weight excluding hydrogens is 306 g/mol. The van der Waals surface area contributed by atoms with Crippen LogP contribution in [0.3, 0.4) is 0 Å². The molecule has 0 unspecified atom stereocenters. The SMILES string of the molecule is Cc1csc(C=Cc2cc3ccc(Br)cc3[nH]2)c1. The van der Waals surface area contributed by atoms with Gasteiger partial charge in [-0.2, -0.15) is 0 Å². The van der Waals surface area contributed by atoms with Crippen molar-refractivity contribution in [3.63, 3.8) is 0 Å². The molecule has 3 heteroatoms. The Morgan fingerprint density at radius 2 is 2.06 bits per heavy atom. The average molecular weight is 318 g/mol. The molecule has 2 aromatic heterocycles. The molecule has 1 N–H and O–H groups in total. The topological polar surface area (TPSA) is 15.8 Å². The van der Waals surface area contributed by atoms with Crippen LogP contribution in [-0.2, 0) is 0 Å². The van der Waals surface area contributed by atoms with Crippen molar-refractivity contribution in [3.05, 3.63) is 56.3 Å². The second-order valence-corrected chi connectivity index (χ2v) is 6.17. The molecule has 0 saturated heterocycles. The standard InChI is InChI=1S/C15H12BrNS/c1-10-6-14(18-9-10)5-4-13-7-11-2-3-12(16)8-15(11)17-13/h2-9,17H,1H3. The molecule has 90 valence electrons. The van der Waals surface area contributed by atoms with Gasteiger partial charge in [0.15, 0.2) is 0 Å². The minimum atomic E-state index is 1.10. The summed E-state index contributed by atoms with van der Waals surface area (Å²) in [6.07, 6.45) is 4.27. The van der Waals surface area contributed by atoms with Crippen LogP contribution in [-0.4, -0.2) is 4.98 Å². The predicted molar refractivity (Wildman–Crippen MR) is 84.0 cm³/mol. The average Bonchev–Trinajstić information content (AvgIpc) is 2.92. The van der Waals surface area contributed by atoms with Gasteiger partial charge >= 0.3 is 0 Å². The van der Waals surface area contributed by atoms with Crippen LogP contribution in [0.25, 0.3) is 23.1 Å². The van der Waals surface area contributed by atoms with E-state index < -0.39 is 0 Å². The van der Waals surface area contributed by atoms with Gasteiger partial charge in [-0.05, 0) is 54.3 Å². The number of benzene rings is 1. The van der Waals surface area contributed by atoms with E-state index in [2.05, 4.69) is 75.7 Å². The molecule has 3 aromatic rings. The van der Waals surface area contributed by atoms with E-state index >= 15 is 0 Å². The van der Waals surface area contributed by atoms with Crippen molar-refractivity contribution < 1.29 is 0 Å². The van der Waals surface area contributed by atoms with Gasteiger partial charge in [0.1, 0.15) is 0 Å². The molecule has 1 nitrogen and oxygen atoms in total. The Kier molecular flexibility index (Phi) is 3.10. The number of rotatable bonds is 2. The first-order valence-corrected chi connectivity index (χ1v) is 7.39. The van der Waals surface area contributed by atoms with E-state index in [0.717, 1.165) is 15.7 Å². The Bertz CT molecular complexity index is 721. The first kappa shape index (κ1) is 11.8. The van der Waals surface area contributed by atoms with Crippen LogP contribution in [0, 0.1) is 6.92 Å². The number of aromatic amines is 1. The first-order valence-electron chi connectivity index (χ1n) is 5.72. The molecule has 0 saturated carbocycles. The van der Waals surface area contributed by atoms with Crippen LogP contribution >= 0.6 is 27.3 Å². The van der Waals surface area contributed by atoms with E-state index in [0.29, 0.717) is 0 Å². The molecule has 0 aliphatic rings. The van der Waals surface area contributed by atoms with Gasteiger partial charge in [-0.25, -0.2) is 0 Å². The molecule has 0 radical (unpaired) electrons. The zero-order valence-corrected chi connectivity index (χ0v) is 12.3. The first-order chi connectivity index (χ1) is 8.70. The second kappa shape index (κ2) is 4.75. The number of aromatic nitrogens is 1. The minimum Gasteiger partial charge on any atom is -0.355 e. The molecule has 18 heavy (non-hydrogen) atoms. The molecular formula is C15H12BrNS. The lowest BCUT2D eigenvalue weighted by molar-refractivity contribution is 1.43. The number of hydrogen-bond donors (Lipinski definition) is 1. The molecule has 3 rings (SSSR count). The highest BCUT2D eigenvalue weighted by Gasteiger charge is 1.99. The summed E-state index contributed by atoms with van der Waals surface area (Å²) in [5.41, 5.74) is 3.61. The minimum absolute atomic E-state index is 1.10. The molecule has 0 spiro atoms. The number of aryl methyl sites for hydroxylation is 1.